The van der Waals surface area contributed by atoms with E-state index in [-0.39, 0.29) is 25.2 Å². The Morgan fingerprint density at radius 1 is 1.41 bits per heavy atom. The number of hydrogen-bond donors (Lipinski definition) is 1. The first kappa shape index (κ1) is 19.4. The molecule has 1 aliphatic carbocycles. The van der Waals surface area contributed by atoms with Gasteiger partial charge < -0.3 is 9.88 Å². The first-order valence-corrected chi connectivity index (χ1v) is 8.22. The summed E-state index contributed by atoms with van der Waals surface area (Å²) in [4.78, 5) is 0. The Balaban J connectivity index is 0.00000242. The summed E-state index contributed by atoms with van der Waals surface area (Å²) in [5.41, 5.74) is 0. The minimum Gasteiger partial charge on any atom is -0.313 e. The smallest absolute Gasteiger partial charge is 0.248 e. The van der Waals surface area contributed by atoms with Crippen molar-refractivity contribution >= 4 is 24.2 Å². The van der Waals surface area contributed by atoms with Crippen LogP contribution in [0.15, 0.2) is 17.8 Å². The molecular weight excluding hydrogens is 330 g/mol. The Morgan fingerprint density at radius 3 is 2.68 bits per heavy atom. The highest BCUT2D eigenvalue weighted by atomic mass is 35.5. The molecule has 22 heavy (non-hydrogen) atoms. The van der Waals surface area contributed by atoms with Crippen LogP contribution in [0.4, 0.5) is 8.78 Å². The van der Waals surface area contributed by atoms with Gasteiger partial charge in [-0.15, -0.1) is 29.2 Å². The number of rotatable bonds is 7. The van der Waals surface area contributed by atoms with Crippen LogP contribution in [0.2, 0.25) is 0 Å². The fourth-order valence-corrected chi connectivity index (χ4v) is 3.64. The van der Waals surface area contributed by atoms with Gasteiger partial charge in [-0.1, -0.05) is 17.8 Å². The molecule has 1 heterocycles. The predicted octanol–water partition coefficient (Wildman–Crippen LogP) is 3.52. The van der Waals surface area contributed by atoms with Crippen molar-refractivity contribution in [3.63, 3.8) is 0 Å². The van der Waals surface area contributed by atoms with Crippen molar-refractivity contribution in [2.45, 2.75) is 49.9 Å². The van der Waals surface area contributed by atoms with Gasteiger partial charge in [-0.05, 0) is 25.8 Å². The molecular formula is C14H23ClF2N4S. The van der Waals surface area contributed by atoms with Crippen LogP contribution in [-0.2, 0) is 13.1 Å². The second-order valence-corrected chi connectivity index (χ2v) is 6.43. The lowest BCUT2D eigenvalue weighted by Gasteiger charge is -2.27. The number of hydrogen-bond acceptors (Lipinski definition) is 4. The summed E-state index contributed by atoms with van der Waals surface area (Å²) < 4.78 is 28.3. The summed E-state index contributed by atoms with van der Waals surface area (Å²) in [6, 6.07) is 0. The topological polar surface area (TPSA) is 42.7 Å². The van der Waals surface area contributed by atoms with Gasteiger partial charge in [0.1, 0.15) is 5.82 Å². The third kappa shape index (κ3) is 5.21. The van der Waals surface area contributed by atoms with Crippen LogP contribution in [-0.4, -0.2) is 33.5 Å². The molecule has 126 valence electrons. The van der Waals surface area contributed by atoms with E-state index in [2.05, 4.69) is 22.1 Å². The average Bonchev–Trinajstić information content (AvgIpc) is 2.81. The Kier molecular flexibility index (Phi) is 7.79. The monoisotopic (exact) mass is 352 g/mol. The Hall–Kier alpha value is -0.660. The Bertz CT molecular complexity index is 471. The molecule has 0 unspecified atom stereocenters. The van der Waals surface area contributed by atoms with Gasteiger partial charge in [0.2, 0.25) is 5.92 Å². The molecule has 0 aromatic carbocycles. The van der Waals surface area contributed by atoms with Crippen molar-refractivity contribution in [1.29, 1.82) is 0 Å². The number of thioether (sulfide) groups is 1. The molecule has 2 rings (SSSR count). The van der Waals surface area contributed by atoms with E-state index in [0.717, 1.165) is 16.7 Å². The van der Waals surface area contributed by atoms with E-state index in [1.807, 2.05) is 17.7 Å². The summed E-state index contributed by atoms with van der Waals surface area (Å²) in [7, 11) is 1.86. The van der Waals surface area contributed by atoms with Crippen LogP contribution in [0.1, 0.15) is 31.5 Å². The first-order chi connectivity index (χ1) is 10.1. The quantitative estimate of drug-likeness (QED) is 0.602. The van der Waals surface area contributed by atoms with Crippen molar-refractivity contribution in [2.24, 2.45) is 5.92 Å². The van der Waals surface area contributed by atoms with Gasteiger partial charge in [-0.3, -0.25) is 0 Å². The molecule has 8 heteroatoms. The van der Waals surface area contributed by atoms with Gasteiger partial charge >= 0.3 is 0 Å². The highest BCUT2D eigenvalue weighted by Gasteiger charge is 2.34. The van der Waals surface area contributed by atoms with Gasteiger partial charge in [0.05, 0.1) is 6.54 Å². The van der Waals surface area contributed by atoms with Crippen molar-refractivity contribution in [3.05, 3.63) is 18.5 Å². The second-order valence-electron chi connectivity index (χ2n) is 5.44. The van der Waals surface area contributed by atoms with E-state index < -0.39 is 5.92 Å². The third-order valence-corrected chi connectivity index (χ3v) is 4.92. The molecule has 1 fully saturated rings. The van der Waals surface area contributed by atoms with Crippen LogP contribution >= 0.6 is 24.2 Å². The van der Waals surface area contributed by atoms with Crippen LogP contribution in [0.3, 0.4) is 0 Å². The van der Waals surface area contributed by atoms with E-state index in [1.54, 1.807) is 11.8 Å². The number of aromatic nitrogens is 3. The lowest BCUT2D eigenvalue weighted by molar-refractivity contribution is -0.0433. The highest BCUT2D eigenvalue weighted by molar-refractivity contribution is 7.99. The molecule has 1 aromatic heterocycles. The number of alkyl halides is 2. The van der Waals surface area contributed by atoms with E-state index in [4.69, 9.17) is 0 Å². The first-order valence-electron chi connectivity index (χ1n) is 7.24. The highest BCUT2D eigenvalue weighted by Crippen LogP contribution is 2.38. The fraction of sp³-hybridized carbons (Fsp3) is 0.714. The van der Waals surface area contributed by atoms with Gasteiger partial charge in [-0.25, -0.2) is 8.78 Å². The van der Waals surface area contributed by atoms with E-state index >= 15 is 0 Å². The zero-order valence-corrected chi connectivity index (χ0v) is 14.4. The molecule has 0 atom stereocenters. The standard InChI is InChI=1S/C14H22F2N4S.ClH/c1-3-8-20-12(9-17-2)18-19-13(20)21-10-11-4-6-14(15,16)7-5-11;/h3,11,17H,1,4-10H2,2H3;1H. The number of nitrogens with zero attached hydrogens (tertiary/aromatic N) is 3. The Labute approximate surface area is 140 Å². The minimum atomic E-state index is -2.45. The van der Waals surface area contributed by atoms with E-state index in [9.17, 15) is 8.78 Å². The molecule has 0 bridgehead atoms. The van der Waals surface area contributed by atoms with E-state index in [1.165, 1.54) is 0 Å². The fourth-order valence-electron chi connectivity index (χ4n) is 2.49. The maximum Gasteiger partial charge on any atom is 0.248 e. The van der Waals surface area contributed by atoms with Crippen LogP contribution in [0, 0.1) is 5.92 Å². The molecule has 0 radical (unpaired) electrons. The summed E-state index contributed by atoms with van der Waals surface area (Å²) >= 11 is 1.61. The zero-order chi connectivity index (χ0) is 15.3. The third-order valence-electron chi connectivity index (χ3n) is 3.72. The lowest BCUT2D eigenvalue weighted by atomic mass is 9.88. The molecule has 4 nitrogen and oxygen atoms in total. The SMILES string of the molecule is C=CCn1c(CNC)nnc1SCC1CCC(F)(F)CC1.Cl. The molecule has 0 saturated heterocycles. The summed E-state index contributed by atoms with van der Waals surface area (Å²) in [6.45, 7) is 5.07. The largest absolute Gasteiger partial charge is 0.313 e. The van der Waals surface area contributed by atoms with E-state index in [0.29, 0.717) is 31.8 Å². The van der Waals surface area contributed by atoms with Gasteiger partial charge in [0, 0.05) is 25.1 Å². The molecule has 1 saturated carbocycles. The lowest BCUT2D eigenvalue weighted by Crippen LogP contribution is -2.25. The maximum absolute atomic E-state index is 13.1. The summed E-state index contributed by atoms with van der Waals surface area (Å²) in [6.07, 6.45) is 3.04. The molecule has 0 amide bonds. The van der Waals surface area contributed by atoms with Gasteiger partial charge in [0.15, 0.2) is 5.16 Å². The minimum absolute atomic E-state index is 0. The van der Waals surface area contributed by atoms with Crippen LogP contribution in [0.5, 0.6) is 0 Å². The molecule has 1 N–H and O–H groups in total. The Morgan fingerprint density at radius 2 is 2.09 bits per heavy atom. The maximum atomic E-state index is 13.1. The number of halogens is 3. The molecule has 0 spiro atoms. The predicted molar refractivity (Wildman–Crippen MR) is 87.9 cm³/mol. The summed E-state index contributed by atoms with van der Waals surface area (Å²) in [5, 5.41) is 12.3. The zero-order valence-electron chi connectivity index (χ0n) is 12.7. The second kappa shape index (κ2) is 8.84. The normalized spacial score (nSPS) is 18.0. The molecule has 1 aliphatic rings. The van der Waals surface area contributed by atoms with Crippen molar-refractivity contribution in [3.8, 4) is 0 Å². The van der Waals surface area contributed by atoms with Crippen molar-refractivity contribution in [1.82, 2.24) is 20.1 Å². The molecule has 1 aromatic rings. The number of nitrogens with one attached hydrogen (secondary N) is 1. The summed E-state index contributed by atoms with van der Waals surface area (Å²) in [5.74, 6) is -0.416. The number of allylic oxidation sites excluding steroid dienone is 1. The van der Waals surface area contributed by atoms with Crippen LogP contribution < -0.4 is 5.32 Å². The van der Waals surface area contributed by atoms with Gasteiger partial charge in [0.25, 0.3) is 0 Å². The van der Waals surface area contributed by atoms with Crippen LogP contribution in [0.25, 0.3) is 0 Å². The van der Waals surface area contributed by atoms with Gasteiger partial charge in [-0.2, -0.15) is 0 Å². The van der Waals surface area contributed by atoms with Crippen molar-refractivity contribution < 1.29 is 8.78 Å². The van der Waals surface area contributed by atoms with Crippen molar-refractivity contribution in [2.75, 3.05) is 12.8 Å². The average molecular weight is 353 g/mol. The molecule has 0 aliphatic heterocycles.